The second kappa shape index (κ2) is 10.8. The zero-order valence-corrected chi connectivity index (χ0v) is 21.5. The Labute approximate surface area is 219 Å². The Morgan fingerprint density at radius 3 is 2.51 bits per heavy atom. The highest BCUT2D eigenvalue weighted by atomic mass is 32.2. The molecular weight excluding hydrogens is 497 g/mol. The number of rotatable bonds is 6. The standard InChI is InChI=1S/C28H29F3N4OS/c1-19-15-35(25-13-32-18-33-14-25)17-23-12-22(2-3-26(19)23)27(36)11-20-8-21(10-24(9-20)28(29,30)31)16-34-4-6-37-7-5-34/h2-3,8-10,12-14,18-19H,4-7,11,15-17H2,1H3. The second-order valence-electron chi connectivity index (χ2n) is 9.82. The molecule has 2 aliphatic heterocycles. The largest absolute Gasteiger partial charge is 0.416 e. The molecule has 1 atom stereocenters. The Morgan fingerprint density at radius 2 is 1.78 bits per heavy atom. The topological polar surface area (TPSA) is 49.3 Å². The van der Waals surface area contributed by atoms with Crippen LogP contribution in [0.2, 0.25) is 0 Å². The normalized spacial score (nSPS) is 18.5. The summed E-state index contributed by atoms with van der Waals surface area (Å²) in [5.41, 5.74) is 3.97. The van der Waals surface area contributed by atoms with E-state index >= 15 is 0 Å². The molecule has 3 aromatic rings. The van der Waals surface area contributed by atoms with Gasteiger partial charge in [0.1, 0.15) is 6.33 Å². The predicted octanol–water partition coefficient (Wildman–Crippen LogP) is 5.59. The average Bonchev–Trinajstić information content (AvgIpc) is 2.89. The molecule has 1 aromatic heterocycles. The fourth-order valence-corrected chi connectivity index (χ4v) is 6.15. The number of alkyl halides is 3. The molecule has 0 N–H and O–H groups in total. The van der Waals surface area contributed by atoms with Gasteiger partial charge in [-0.05, 0) is 46.4 Å². The van der Waals surface area contributed by atoms with Gasteiger partial charge in [-0.15, -0.1) is 0 Å². The van der Waals surface area contributed by atoms with Gasteiger partial charge in [-0.2, -0.15) is 24.9 Å². The fraction of sp³-hybridized carbons (Fsp3) is 0.393. The van der Waals surface area contributed by atoms with Crippen LogP contribution in [0.15, 0.2) is 55.1 Å². The third-order valence-corrected chi connectivity index (χ3v) is 7.96. The van der Waals surface area contributed by atoms with Gasteiger partial charge in [0.15, 0.2) is 5.78 Å². The molecule has 0 bridgehead atoms. The van der Waals surface area contributed by atoms with Gasteiger partial charge in [-0.1, -0.05) is 25.1 Å². The number of benzene rings is 2. The number of aromatic nitrogens is 2. The summed E-state index contributed by atoms with van der Waals surface area (Å²) in [6.45, 7) is 5.75. The molecule has 5 nitrogen and oxygen atoms in total. The summed E-state index contributed by atoms with van der Waals surface area (Å²) in [4.78, 5) is 25.8. The van der Waals surface area contributed by atoms with Crippen molar-refractivity contribution in [1.29, 1.82) is 0 Å². The van der Waals surface area contributed by atoms with Crippen LogP contribution in [0.4, 0.5) is 18.9 Å². The van der Waals surface area contributed by atoms with Crippen molar-refractivity contribution in [2.75, 3.05) is 36.0 Å². The van der Waals surface area contributed by atoms with Crippen molar-refractivity contribution in [3.05, 3.63) is 88.5 Å². The Hall–Kier alpha value is -2.91. The first-order chi connectivity index (χ1) is 17.8. The van der Waals surface area contributed by atoms with E-state index in [1.54, 1.807) is 24.5 Å². The van der Waals surface area contributed by atoms with Crippen LogP contribution in [0.25, 0.3) is 0 Å². The highest BCUT2D eigenvalue weighted by Crippen LogP contribution is 2.33. The minimum atomic E-state index is -4.46. The smallest absolute Gasteiger partial charge is 0.364 e. The average molecular weight is 527 g/mol. The number of fused-ring (bicyclic) bond motifs is 1. The summed E-state index contributed by atoms with van der Waals surface area (Å²) in [7, 11) is 0. The SMILES string of the molecule is CC1CN(c2cncnc2)Cc2cc(C(=O)Cc3cc(CN4CCSCC4)cc(C(F)(F)F)c3)ccc21. The molecule has 3 heterocycles. The first-order valence-corrected chi connectivity index (χ1v) is 13.6. The number of carbonyl (C=O) groups is 1. The van der Waals surface area contributed by atoms with Crippen LogP contribution < -0.4 is 4.90 Å². The molecule has 0 spiro atoms. The Balaban J connectivity index is 1.37. The van der Waals surface area contributed by atoms with Crippen molar-refractivity contribution in [1.82, 2.24) is 14.9 Å². The van der Waals surface area contributed by atoms with E-state index in [2.05, 4.69) is 26.7 Å². The van der Waals surface area contributed by atoms with Crippen LogP contribution in [0.3, 0.4) is 0 Å². The number of Topliss-reactive ketones (excluding diaryl/α,β-unsaturated/α-hetero) is 1. The van der Waals surface area contributed by atoms with Crippen LogP contribution in [0.5, 0.6) is 0 Å². The molecule has 0 saturated carbocycles. The lowest BCUT2D eigenvalue weighted by molar-refractivity contribution is -0.137. The summed E-state index contributed by atoms with van der Waals surface area (Å²) in [5.74, 6) is 2.04. The lowest BCUT2D eigenvalue weighted by Crippen LogP contribution is -2.33. The van der Waals surface area contributed by atoms with Crippen LogP contribution in [0.1, 0.15) is 51.0 Å². The second-order valence-corrected chi connectivity index (χ2v) is 11.0. The number of hydrogen-bond acceptors (Lipinski definition) is 6. The van der Waals surface area contributed by atoms with E-state index in [-0.39, 0.29) is 18.1 Å². The summed E-state index contributed by atoms with van der Waals surface area (Å²) < 4.78 is 41.0. The molecule has 5 rings (SSSR count). The molecule has 1 unspecified atom stereocenters. The number of hydrogen-bond donors (Lipinski definition) is 0. The van der Waals surface area contributed by atoms with Crippen LogP contribution >= 0.6 is 11.8 Å². The van der Waals surface area contributed by atoms with Crippen LogP contribution in [0, 0.1) is 0 Å². The van der Waals surface area contributed by atoms with Crippen molar-refractivity contribution in [3.63, 3.8) is 0 Å². The van der Waals surface area contributed by atoms with E-state index in [4.69, 9.17) is 0 Å². The van der Waals surface area contributed by atoms with Gasteiger partial charge >= 0.3 is 6.18 Å². The molecule has 2 aromatic carbocycles. The molecule has 1 fully saturated rings. The summed E-state index contributed by atoms with van der Waals surface area (Å²) in [5, 5.41) is 0. The summed E-state index contributed by atoms with van der Waals surface area (Å²) in [6, 6.07) is 9.77. The molecule has 2 aliphatic rings. The zero-order valence-electron chi connectivity index (χ0n) is 20.7. The molecule has 0 radical (unpaired) electrons. The van der Waals surface area contributed by atoms with Crippen molar-refractivity contribution in [2.45, 2.75) is 38.5 Å². The van der Waals surface area contributed by atoms with E-state index in [0.717, 1.165) is 48.5 Å². The van der Waals surface area contributed by atoms with Crippen LogP contribution in [-0.2, 0) is 25.7 Å². The minimum absolute atomic E-state index is 0.0721. The fourth-order valence-electron chi connectivity index (χ4n) is 5.17. The number of anilines is 1. The van der Waals surface area contributed by atoms with Gasteiger partial charge in [0.05, 0.1) is 23.6 Å². The van der Waals surface area contributed by atoms with Crippen molar-refractivity contribution >= 4 is 23.2 Å². The third-order valence-electron chi connectivity index (χ3n) is 7.02. The Morgan fingerprint density at radius 1 is 1.05 bits per heavy atom. The number of thioether (sulfide) groups is 1. The van der Waals surface area contributed by atoms with Gasteiger partial charge in [0.25, 0.3) is 0 Å². The van der Waals surface area contributed by atoms with E-state index in [9.17, 15) is 18.0 Å². The maximum absolute atomic E-state index is 13.7. The monoisotopic (exact) mass is 526 g/mol. The third kappa shape index (κ3) is 6.15. The van der Waals surface area contributed by atoms with Crippen LogP contribution in [-0.4, -0.2) is 51.8 Å². The Kier molecular flexibility index (Phi) is 7.53. The lowest BCUT2D eigenvalue weighted by atomic mass is 9.88. The van der Waals surface area contributed by atoms with Gasteiger partial charge in [-0.3, -0.25) is 9.69 Å². The maximum Gasteiger partial charge on any atom is 0.416 e. The van der Waals surface area contributed by atoms with Gasteiger partial charge in [0, 0.05) is 56.2 Å². The van der Waals surface area contributed by atoms with E-state index in [1.165, 1.54) is 18.0 Å². The van der Waals surface area contributed by atoms with Gasteiger partial charge < -0.3 is 4.90 Å². The highest BCUT2D eigenvalue weighted by molar-refractivity contribution is 7.99. The number of nitrogens with zero attached hydrogens (tertiary/aromatic N) is 4. The first kappa shape index (κ1) is 25.7. The van der Waals surface area contributed by atoms with Crippen molar-refractivity contribution in [2.24, 2.45) is 0 Å². The van der Waals surface area contributed by atoms with E-state index in [1.807, 2.05) is 23.9 Å². The summed E-state index contributed by atoms with van der Waals surface area (Å²) in [6.07, 6.45) is 0.503. The number of carbonyl (C=O) groups excluding carboxylic acids is 1. The quantitative estimate of drug-likeness (QED) is 0.390. The predicted molar refractivity (Wildman–Crippen MR) is 140 cm³/mol. The highest BCUT2D eigenvalue weighted by Gasteiger charge is 2.32. The van der Waals surface area contributed by atoms with Gasteiger partial charge in [-0.25, -0.2) is 9.97 Å². The molecule has 0 aliphatic carbocycles. The van der Waals surface area contributed by atoms with Crippen molar-refractivity contribution < 1.29 is 18.0 Å². The molecule has 0 amide bonds. The lowest BCUT2D eigenvalue weighted by Gasteiger charge is -2.34. The molecule has 194 valence electrons. The summed E-state index contributed by atoms with van der Waals surface area (Å²) >= 11 is 1.86. The number of ketones is 1. The van der Waals surface area contributed by atoms with E-state index < -0.39 is 11.7 Å². The minimum Gasteiger partial charge on any atom is -0.364 e. The van der Waals surface area contributed by atoms with Crippen molar-refractivity contribution in [3.8, 4) is 0 Å². The van der Waals surface area contributed by atoms with E-state index in [0.29, 0.717) is 29.8 Å². The molecule has 37 heavy (non-hydrogen) atoms. The first-order valence-electron chi connectivity index (χ1n) is 12.4. The van der Waals surface area contributed by atoms with Gasteiger partial charge in [0.2, 0.25) is 0 Å². The Bertz CT molecular complexity index is 1260. The molecule has 1 saturated heterocycles. The molecular formula is C28H29F3N4OS. The molecule has 9 heteroatoms. The maximum atomic E-state index is 13.7. The number of halogens is 3. The zero-order chi connectivity index (χ0) is 26.0.